The average Bonchev–Trinajstić information content (AvgIpc) is 3.34. The van der Waals surface area contributed by atoms with Crippen LogP contribution in [0.2, 0.25) is 0 Å². The quantitative estimate of drug-likeness (QED) is 0.292. The first-order chi connectivity index (χ1) is 19.4. The smallest absolute Gasteiger partial charge is 0.296 e. The number of ether oxygens (including phenoxy) is 2. The first-order valence-electron chi connectivity index (χ1n) is 14.0. The number of hydrogen-bond acceptors (Lipinski definition) is 7. The van der Waals surface area contributed by atoms with Crippen LogP contribution in [0.1, 0.15) is 42.9 Å². The number of aliphatic hydroxyl groups is 1. The standard InChI is InChI=1S/C31H37N3O6/c1-4-5-14-33-24-10-7-6-9-23(24)31(30(33)38)26(27(35)22-11-12-25(39-3)21(2)20-22)28(36)29(37)34(31)15-8-13-32-16-18-40-19-17-32/h6-7,9-12,20,35H,4-5,8,13-19H2,1-3H3/t31-/m1/s1. The van der Waals surface area contributed by atoms with Gasteiger partial charge in [-0.2, -0.15) is 0 Å². The van der Waals surface area contributed by atoms with E-state index in [1.165, 1.54) is 4.90 Å². The third-order valence-electron chi connectivity index (χ3n) is 8.17. The molecule has 9 heteroatoms. The summed E-state index contributed by atoms with van der Waals surface area (Å²) in [6.45, 7) is 8.15. The molecule has 0 saturated carbocycles. The van der Waals surface area contributed by atoms with Crippen LogP contribution in [0.4, 0.5) is 5.69 Å². The number of carbonyl (C=O) groups excluding carboxylic acids is 3. The lowest BCUT2D eigenvalue weighted by Crippen LogP contribution is -2.52. The minimum atomic E-state index is -1.73. The van der Waals surface area contributed by atoms with Crippen molar-refractivity contribution in [3.05, 3.63) is 64.7 Å². The Morgan fingerprint density at radius 3 is 2.48 bits per heavy atom. The topological polar surface area (TPSA) is 99.6 Å². The summed E-state index contributed by atoms with van der Waals surface area (Å²) in [7, 11) is 1.56. The molecule has 1 atom stereocenters. The first-order valence-corrected chi connectivity index (χ1v) is 14.0. The molecule has 0 unspecified atom stereocenters. The Kier molecular flexibility index (Phi) is 7.96. The predicted molar refractivity (Wildman–Crippen MR) is 151 cm³/mol. The van der Waals surface area contributed by atoms with E-state index < -0.39 is 17.2 Å². The van der Waals surface area contributed by atoms with Crippen LogP contribution in [0.5, 0.6) is 5.75 Å². The Bertz CT molecular complexity index is 1350. The molecule has 9 nitrogen and oxygen atoms in total. The van der Waals surface area contributed by atoms with Crippen LogP contribution in [-0.2, 0) is 24.7 Å². The normalized spacial score (nSPS) is 22.4. The molecular formula is C31H37N3O6. The summed E-state index contributed by atoms with van der Waals surface area (Å²) in [4.78, 5) is 47.4. The van der Waals surface area contributed by atoms with Crippen molar-refractivity contribution in [3.63, 3.8) is 0 Å². The molecule has 0 radical (unpaired) electrons. The number of ketones is 1. The number of likely N-dealkylation sites (tertiary alicyclic amines) is 1. The van der Waals surface area contributed by atoms with Gasteiger partial charge in [-0.1, -0.05) is 31.5 Å². The van der Waals surface area contributed by atoms with Gasteiger partial charge in [-0.25, -0.2) is 0 Å². The maximum Gasteiger partial charge on any atom is 0.296 e. The number of hydrogen-bond donors (Lipinski definition) is 1. The number of Topliss-reactive ketones (excluding diaryl/α,β-unsaturated/α-hetero) is 1. The van der Waals surface area contributed by atoms with Crippen LogP contribution in [0.15, 0.2) is 48.0 Å². The highest BCUT2D eigenvalue weighted by Crippen LogP contribution is 2.53. The molecule has 1 N–H and O–H groups in total. The number of aryl methyl sites for hydroxylation is 1. The summed E-state index contributed by atoms with van der Waals surface area (Å²) >= 11 is 0. The fraction of sp³-hybridized carbons (Fsp3) is 0.452. The summed E-state index contributed by atoms with van der Waals surface area (Å²) in [5.74, 6) is -1.73. The van der Waals surface area contributed by atoms with Crippen molar-refractivity contribution < 1.29 is 29.0 Å². The highest BCUT2D eigenvalue weighted by molar-refractivity contribution is 6.50. The highest BCUT2D eigenvalue weighted by atomic mass is 16.5. The van der Waals surface area contributed by atoms with E-state index in [1.54, 1.807) is 36.3 Å². The molecule has 0 bridgehead atoms. The second kappa shape index (κ2) is 11.4. The molecule has 0 aliphatic carbocycles. The van der Waals surface area contributed by atoms with Crippen LogP contribution in [-0.4, -0.2) is 85.6 Å². The molecule has 2 fully saturated rings. The van der Waals surface area contributed by atoms with Crippen LogP contribution >= 0.6 is 0 Å². The molecule has 3 heterocycles. The number of anilines is 1. The van der Waals surface area contributed by atoms with E-state index in [0.717, 1.165) is 31.5 Å². The zero-order valence-electron chi connectivity index (χ0n) is 23.4. The summed E-state index contributed by atoms with van der Waals surface area (Å²) in [5, 5.41) is 11.7. The first kappa shape index (κ1) is 27.9. The maximum absolute atomic E-state index is 14.6. The predicted octanol–water partition coefficient (Wildman–Crippen LogP) is 3.45. The molecule has 5 rings (SSSR count). The van der Waals surface area contributed by atoms with Crippen molar-refractivity contribution in [2.24, 2.45) is 0 Å². The molecule has 0 aromatic heterocycles. The molecule has 40 heavy (non-hydrogen) atoms. The van der Waals surface area contributed by atoms with Gasteiger partial charge in [0.05, 0.1) is 31.6 Å². The summed E-state index contributed by atoms with van der Waals surface area (Å²) < 4.78 is 10.8. The number of morpholine rings is 1. The van der Waals surface area contributed by atoms with Crippen molar-refractivity contribution in [1.29, 1.82) is 0 Å². The van der Waals surface area contributed by atoms with Gasteiger partial charge < -0.3 is 24.4 Å². The number of fused-ring (bicyclic) bond motifs is 2. The number of para-hydroxylation sites is 1. The molecule has 1 spiro atoms. The van der Waals surface area contributed by atoms with Crippen molar-refractivity contribution in [3.8, 4) is 5.75 Å². The Labute approximate surface area is 235 Å². The Hall–Kier alpha value is -3.69. The van der Waals surface area contributed by atoms with E-state index in [9.17, 15) is 19.5 Å². The van der Waals surface area contributed by atoms with Gasteiger partial charge in [0.2, 0.25) is 0 Å². The Morgan fingerprint density at radius 2 is 1.77 bits per heavy atom. The SMILES string of the molecule is CCCCN1C(=O)[C@]2(C(=C(O)c3ccc(OC)c(C)c3)C(=O)C(=O)N2CCCN2CCOCC2)c2ccccc21. The number of rotatable bonds is 9. The second-order valence-electron chi connectivity index (χ2n) is 10.5. The zero-order valence-corrected chi connectivity index (χ0v) is 23.4. The second-order valence-corrected chi connectivity index (χ2v) is 10.5. The number of aliphatic hydroxyl groups excluding tert-OH is 1. The van der Waals surface area contributed by atoms with E-state index in [1.807, 2.05) is 32.0 Å². The minimum Gasteiger partial charge on any atom is -0.507 e. The van der Waals surface area contributed by atoms with E-state index in [2.05, 4.69) is 4.90 Å². The molecule has 2 aromatic rings. The molecule has 2 saturated heterocycles. The number of methoxy groups -OCH3 is 1. The summed E-state index contributed by atoms with van der Waals surface area (Å²) in [5.41, 5.74) is 0.405. The summed E-state index contributed by atoms with van der Waals surface area (Å²) in [6.07, 6.45) is 2.21. The lowest BCUT2D eigenvalue weighted by atomic mass is 9.81. The summed E-state index contributed by atoms with van der Waals surface area (Å²) in [6, 6.07) is 12.3. The van der Waals surface area contributed by atoms with E-state index in [0.29, 0.717) is 55.3 Å². The fourth-order valence-electron chi connectivity index (χ4n) is 6.15. The number of amides is 2. The van der Waals surface area contributed by atoms with Crippen molar-refractivity contribution >= 4 is 29.0 Å². The maximum atomic E-state index is 14.6. The number of nitrogens with zero attached hydrogens (tertiary/aromatic N) is 3. The largest absolute Gasteiger partial charge is 0.507 e. The van der Waals surface area contributed by atoms with Gasteiger partial charge in [0.15, 0.2) is 5.54 Å². The monoisotopic (exact) mass is 547 g/mol. The Morgan fingerprint density at radius 1 is 1.02 bits per heavy atom. The van der Waals surface area contributed by atoms with Crippen molar-refractivity contribution in [1.82, 2.24) is 9.80 Å². The molecule has 3 aliphatic rings. The average molecular weight is 548 g/mol. The lowest BCUT2D eigenvalue weighted by molar-refractivity contribution is -0.143. The van der Waals surface area contributed by atoms with Gasteiger partial charge in [-0.05, 0) is 49.6 Å². The Balaban J connectivity index is 1.65. The zero-order chi connectivity index (χ0) is 28.4. The molecular weight excluding hydrogens is 510 g/mol. The third-order valence-corrected chi connectivity index (χ3v) is 8.17. The lowest BCUT2D eigenvalue weighted by Gasteiger charge is -2.35. The van der Waals surface area contributed by atoms with Crippen molar-refractivity contribution in [2.45, 2.75) is 38.6 Å². The van der Waals surface area contributed by atoms with Crippen molar-refractivity contribution in [2.75, 3.05) is 57.9 Å². The van der Waals surface area contributed by atoms with Gasteiger partial charge in [0.25, 0.3) is 17.6 Å². The van der Waals surface area contributed by atoms with Crippen LogP contribution < -0.4 is 9.64 Å². The molecule has 3 aliphatic heterocycles. The fourth-order valence-corrected chi connectivity index (χ4v) is 6.15. The molecule has 2 amide bonds. The number of unbranched alkanes of at least 4 members (excludes halogenated alkanes) is 1. The minimum absolute atomic E-state index is 0.176. The van der Waals surface area contributed by atoms with E-state index in [-0.39, 0.29) is 23.8 Å². The molecule has 2 aromatic carbocycles. The number of carbonyl (C=O) groups is 3. The van der Waals surface area contributed by atoms with Gasteiger partial charge in [0, 0.05) is 43.9 Å². The van der Waals surface area contributed by atoms with Crippen LogP contribution in [0, 0.1) is 6.92 Å². The van der Waals surface area contributed by atoms with E-state index in [4.69, 9.17) is 9.47 Å². The van der Waals surface area contributed by atoms with E-state index >= 15 is 0 Å². The van der Waals surface area contributed by atoms with Gasteiger partial charge in [-0.15, -0.1) is 0 Å². The van der Waals surface area contributed by atoms with Gasteiger partial charge in [-0.3, -0.25) is 19.3 Å². The van der Waals surface area contributed by atoms with Crippen LogP contribution in [0.3, 0.4) is 0 Å². The van der Waals surface area contributed by atoms with Gasteiger partial charge >= 0.3 is 0 Å². The number of benzene rings is 2. The third kappa shape index (κ3) is 4.47. The highest BCUT2D eigenvalue weighted by Gasteiger charge is 2.66. The van der Waals surface area contributed by atoms with Gasteiger partial charge in [0.1, 0.15) is 11.5 Å². The molecule has 212 valence electrons. The van der Waals surface area contributed by atoms with Crippen LogP contribution in [0.25, 0.3) is 5.76 Å².